The molecule has 0 aliphatic carbocycles. The number of rotatable bonds is 9. The summed E-state index contributed by atoms with van der Waals surface area (Å²) in [6.45, 7) is 0.248. The van der Waals surface area contributed by atoms with Crippen LogP contribution in [0.5, 0.6) is 5.75 Å². The van der Waals surface area contributed by atoms with Crippen molar-refractivity contribution >= 4 is 28.8 Å². The highest BCUT2D eigenvalue weighted by Crippen LogP contribution is 2.21. The van der Waals surface area contributed by atoms with Gasteiger partial charge < -0.3 is 30.8 Å². The van der Waals surface area contributed by atoms with Crippen LogP contribution in [0.15, 0.2) is 30.5 Å². The number of primary amides is 1. The lowest BCUT2D eigenvalue weighted by Gasteiger charge is -2.15. The molecule has 0 fully saturated rings. The fraction of sp³-hybridized carbons (Fsp3) is 0.353. The molecule has 1 aromatic carbocycles. The molecule has 0 saturated carbocycles. The van der Waals surface area contributed by atoms with Gasteiger partial charge in [-0.1, -0.05) is 0 Å². The average Bonchev–Trinajstić information content (AvgIpc) is 2.99. The Balaban J connectivity index is 1.95. The van der Waals surface area contributed by atoms with Gasteiger partial charge in [0.15, 0.2) is 0 Å². The molecule has 3 amide bonds. The van der Waals surface area contributed by atoms with E-state index in [2.05, 4.69) is 10.6 Å². The predicted octanol–water partition coefficient (Wildman–Crippen LogP) is 0.668. The lowest BCUT2D eigenvalue weighted by atomic mass is 10.1. The van der Waals surface area contributed by atoms with Crippen LogP contribution >= 0.6 is 0 Å². The van der Waals surface area contributed by atoms with Crippen molar-refractivity contribution in [3.05, 3.63) is 30.5 Å². The highest BCUT2D eigenvalue weighted by molar-refractivity contribution is 5.86. The minimum atomic E-state index is -1.13. The molecule has 0 aliphatic rings. The highest BCUT2D eigenvalue weighted by atomic mass is 16.5. The zero-order valence-corrected chi connectivity index (χ0v) is 14.4. The molecule has 1 heterocycles. The summed E-state index contributed by atoms with van der Waals surface area (Å²) in [6.07, 6.45) is 2.33. The molecule has 0 aliphatic heterocycles. The maximum absolute atomic E-state index is 12.2. The fourth-order valence-corrected chi connectivity index (χ4v) is 2.61. The van der Waals surface area contributed by atoms with Gasteiger partial charge in [-0.2, -0.15) is 0 Å². The Morgan fingerprint density at radius 1 is 1.31 bits per heavy atom. The summed E-state index contributed by atoms with van der Waals surface area (Å²) in [4.78, 5) is 34.1. The third kappa shape index (κ3) is 5.13. The smallest absolute Gasteiger partial charge is 0.326 e. The van der Waals surface area contributed by atoms with Gasteiger partial charge in [0.05, 0.1) is 7.11 Å². The Hall–Kier alpha value is -3.23. The van der Waals surface area contributed by atoms with Crippen molar-refractivity contribution in [3.63, 3.8) is 0 Å². The lowest BCUT2D eigenvalue weighted by Crippen LogP contribution is -2.42. The second-order valence-electron chi connectivity index (χ2n) is 5.76. The summed E-state index contributed by atoms with van der Waals surface area (Å²) < 4.78 is 6.90. The van der Waals surface area contributed by atoms with E-state index in [0.717, 1.165) is 16.7 Å². The molecule has 2 aromatic rings. The summed E-state index contributed by atoms with van der Waals surface area (Å²) >= 11 is 0. The molecule has 0 spiro atoms. The second kappa shape index (κ2) is 8.75. The van der Waals surface area contributed by atoms with Crippen molar-refractivity contribution in [2.45, 2.75) is 25.4 Å². The molecule has 1 atom stereocenters. The Bertz CT molecular complexity index is 802. The molecule has 0 radical (unpaired) electrons. The number of amides is 3. The van der Waals surface area contributed by atoms with Crippen molar-refractivity contribution in [3.8, 4) is 5.75 Å². The minimum Gasteiger partial charge on any atom is -0.497 e. The van der Waals surface area contributed by atoms with Gasteiger partial charge >= 0.3 is 12.0 Å². The molecular weight excluding hydrogens is 340 g/mol. The first-order valence-corrected chi connectivity index (χ1v) is 8.09. The van der Waals surface area contributed by atoms with Gasteiger partial charge in [-0.25, -0.2) is 9.59 Å². The Kier molecular flexibility index (Phi) is 6.42. The van der Waals surface area contributed by atoms with E-state index in [4.69, 9.17) is 10.5 Å². The number of aliphatic carboxylic acids is 1. The van der Waals surface area contributed by atoms with Crippen LogP contribution in [0, 0.1) is 0 Å². The highest BCUT2D eigenvalue weighted by Gasteiger charge is 2.20. The van der Waals surface area contributed by atoms with Crippen LogP contribution in [0.4, 0.5) is 4.79 Å². The van der Waals surface area contributed by atoms with Crippen molar-refractivity contribution in [2.75, 3.05) is 13.7 Å². The number of carbonyl (C=O) groups excluding carboxylic acids is 2. The Labute approximate surface area is 150 Å². The fourth-order valence-electron chi connectivity index (χ4n) is 2.61. The van der Waals surface area contributed by atoms with Gasteiger partial charge in [0.25, 0.3) is 0 Å². The number of benzene rings is 1. The molecule has 0 unspecified atom stereocenters. The van der Waals surface area contributed by atoms with Crippen LogP contribution < -0.4 is 21.1 Å². The SMILES string of the molecule is COc1ccc2c(ccn2CC(=O)N[C@H](CCCNC(N)=O)C(=O)O)c1. The van der Waals surface area contributed by atoms with Gasteiger partial charge in [-0.3, -0.25) is 4.79 Å². The zero-order chi connectivity index (χ0) is 19.1. The summed E-state index contributed by atoms with van der Waals surface area (Å²) in [5.41, 5.74) is 5.79. The van der Waals surface area contributed by atoms with Crippen LogP contribution in [0.1, 0.15) is 12.8 Å². The van der Waals surface area contributed by atoms with Crippen molar-refractivity contribution in [1.82, 2.24) is 15.2 Å². The molecule has 0 saturated heterocycles. The standard InChI is InChI=1S/C17H22N4O5/c1-26-12-4-5-14-11(9-12)6-8-21(14)10-15(22)20-13(16(23)24)3-2-7-19-17(18)25/h4-6,8-9,13H,2-3,7,10H2,1H3,(H,20,22)(H,23,24)(H3,18,19,25)/t13-/m1/s1. The minimum absolute atomic E-state index is 0.000848. The van der Waals surface area contributed by atoms with Gasteiger partial charge in [0, 0.05) is 23.6 Å². The molecule has 5 N–H and O–H groups in total. The maximum atomic E-state index is 12.2. The molecule has 0 bridgehead atoms. The van der Waals surface area contributed by atoms with Gasteiger partial charge in [0.1, 0.15) is 18.3 Å². The van der Waals surface area contributed by atoms with Crippen LogP contribution in [0.25, 0.3) is 10.9 Å². The third-order valence-electron chi connectivity index (χ3n) is 3.89. The van der Waals surface area contributed by atoms with Crippen LogP contribution in [0.3, 0.4) is 0 Å². The first kappa shape index (κ1) is 19.1. The molecule has 9 heteroatoms. The maximum Gasteiger partial charge on any atom is 0.326 e. The van der Waals surface area contributed by atoms with E-state index in [1.165, 1.54) is 0 Å². The number of methoxy groups -OCH3 is 1. The molecular formula is C17H22N4O5. The number of carboxylic acid groups (broad SMARTS) is 1. The van der Waals surface area contributed by atoms with Crippen LogP contribution in [-0.2, 0) is 16.1 Å². The summed E-state index contributed by atoms with van der Waals surface area (Å²) in [7, 11) is 1.58. The number of nitrogens with two attached hydrogens (primary N) is 1. The lowest BCUT2D eigenvalue weighted by molar-refractivity contribution is -0.142. The number of carbonyl (C=O) groups is 3. The van der Waals surface area contributed by atoms with E-state index in [-0.39, 0.29) is 19.5 Å². The summed E-state index contributed by atoms with van der Waals surface area (Å²) in [6, 6.07) is 5.65. The Morgan fingerprint density at radius 2 is 2.08 bits per heavy atom. The quantitative estimate of drug-likeness (QED) is 0.486. The normalized spacial score (nSPS) is 11.7. The summed E-state index contributed by atoms with van der Waals surface area (Å²) in [5, 5.41) is 15.0. The number of aromatic nitrogens is 1. The second-order valence-corrected chi connectivity index (χ2v) is 5.76. The van der Waals surface area contributed by atoms with Crippen LogP contribution in [0.2, 0.25) is 0 Å². The van der Waals surface area contributed by atoms with E-state index in [1.54, 1.807) is 23.9 Å². The number of ether oxygens (including phenoxy) is 1. The first-order chi connectivity index (χ1) is 12.4. The van der Waals surface area contributed by atoms with Crippen molar-refractivity contribution < 1.29 is 24.2 Å². The molecule has 140 valence electrons. The molecule has 2 rings (SSSR count). The van der Waals surface area contributed by atoms with Gasteiger partial charge in [-0.15, -0.1) is 0 Å². The van der Waals surface area contributed by atoms with E-state index in [1.807, 2.05) is 18.2 Å². The van der Waals surface area contributed by atoms with Gasteiger partial charge in [-0.05, 0) is 37.1 Å². The molecule has 26 heavy (non-hydrogen) atoms. The number of nitrogens with zero attached hydrogens (tertiary/aromatic N) is 1. The van der Waals surface area contributed by atoms with E-state index >= 15 is 0 Å². The van der Waals surface area contributed by atoms with Crippen molar-refractivity contribution in [1.29, 1.82) is 0 Å². The van der Waals surface area contributed by atoms with E-state index in [0.29, 0.717) is 6.42 Å². The number of hydrogen-bond donors (Lipinski definition) is 4. The number of hydrogen-bond acceptors (Lipinski definition) is 4. The number of fused-ring (bicyclic) bond motifs is 1. The van der Waals surface area contributed by atoms with Crippen LogP contribution in [-0.4, -0.2) is 47.3 Å². The predicted molar refractivity (Wildman–Crippen MR) is 94.9 cm³/mol. The topological polar surface area (TPSA) is 136 Å². The number of nitrogens with one attached hydrogen (secondary N) is 2. The largest absolute Gasteiger partial charge is 0.497 e. The number of carboxylic acids is 1. The van der Waals surface area contributed by atoms with Gasteiger partial charge in [0.2, 0.25) is 5.91 Å². The van der Waals surface area contributed by atoms with E-state index in [9.17, 15) is 19.5 Å². The third-order valence-corrected chi connectivity index (χ3v) is 3.89. The molecule has 1 aromatic heterocycles. The van der Waals surface area contributed by atoms with E-state index < -0.39 is 23.9 Å². The number of urea groups is 1. The first-order valence-electron chi connectivity index (χ1n) is 8.09. The average molecular weight is 362 g/mol. The van der Waals surface area contributed by atoms with Crippen molar-refractivity contribution in [2.24, 2.45) is 5.73 Å². The Morgan fingerprint density at radius 3 is 2.73 bits per heavy atom. The zero-order valence-electron chi connectivity index (χ0n) is 14.4. The molecule has 9 nitrogen and oxygen atoms in total. The monoisotopic (exact) mass is 362 g/mol. The summed E-state index contributed by atoms with van der Waals surface area (Å²) in [5.74, 6) is -0.816.